The Morgan fingerprint density at radius 3 is 2.53 bits per heavy atom. The summed E-state index contributed by atoms with van der Waals surface area (Å²) in [5.74, 6) is 1.11. The van der Waals surface area contributed by atoms with Crippen LogP contribution in [-0.4, -0.2) is 44.7 Å². The van der Waals surface area contributed by atoms with Gasteiger partial charge >= 0.3 is 0 Å². The molecule has 6 nitrogen and oxygen atoms in total. The van der Waals surface area contributed by atoms with Gasteiger partial charge in [0, 0.05) is 22.3 Å². The van der Waals surface area contributed by atoms with Crippen LogP contribution in [0.2, 0.25) is 5.02 Å². The first kappa shape index (κ1) is 24.5. The lowest BCUT2D eigenvalue weighted by Gasteiger charge is -2.27. The highest BCUT2D eigenvalue weighted by Crippen LogP contribution is 2.33. The van der Waals surface area contributed by atoms with Crippen molar-refractivity contribution >= 4 is 47.2 Å². The van der Waals surface area contributed by atoms with Crippen molar-refractivity contribution in [2.45, 2.75) is 18.9 Å². The number of benzene rings is 2. The van der Waals surface area contributed by atoms with Gasteiger partial charge in [0.25, 0.3) is 0 Å². The van der Waals surface area contributed by atoms with Gasteiger partial charge in [0.2, 0.25) is 0 Å². The molecular formula is C21H27ClFIN4O2. The minimum absolute atomic E-state index is 0. The number of likely N-dealkylation sites (tertiary alicyclic amines) is 1. The Kier molecular flexibility index (Phi) is 9.44. The Morgan fingerprint density at radius 1 is 1.20 bits per heavy atom. The lowest BCUT2D eigenvalue weighted by atomic mass is 10.0. The minimum atomic E-state index is -0.323. The first-order valence-electron chi connectivity index (χ1n) is 9.50. The van der Waals surface area contributed by atoms with Gasteiger partial charge in [-0.25, -0.2) is 4.39 Å². The number of nitrogens with one attached hydrogen (secondary N) is 1. The number of methoxy groups -OCH3 is 2. The van der Waals surface area contributed by atoms with Crippen molar-refractivity contribution < 1.29 is 13.9 Å². The smallest absolute Gasteiger partial charge is 0.193 e. The van der Waals surface area contributed by atoms with Gasteiger partial charge in [0.15, 0.2) is 17.5 Å². The largest absolute Gasteiger partial charge is 0.493 e. The molecule has 2 aromatic rings. The van der Waals surface area contributed by atoms with Gasteiger partial charge in [0.1, 0.15) is 5.82 Å². The predicted octanol–water partition coefficient (Wildman–Crippen LogP) is 4.68. The SMILES string of the molecule is COc1ccc(NC(N)=NCC(c2c(F)cccc2Cl)N2CCCC2)cc1OC.I. The van der Waals surface area contributed by atoms with Crippen LogP contribution < -0.4 is 20.5 Å². The van der Waals surface area contributed by atoms with E-state index in [1.165, 1.54) is 6.07 Å². The second-order valence-corrected chi connectivity index (χ2v) is 7.22. The van der Waals surface area contributed by atoms with Gasteiger partial charge in [0.05, 0.1) is 26.8 Å². The number of nitrogens with two attached hydrogens (primary N) is 1. The standard InChI is InChI=1S/C21H26ClFN4O2.HI/c1-28-18-9-8-14(12-19(18)29-2)26-21(24)25-13-17(27-10-3-4-11-27)20-15(22)6-5-7-16(20)23;/h5-9,12,17H,3-4,10-11,13H2,1-2H3,(H3,24,25,26);1H. The molecule has 1 saturated heterocycles. The van der Waals surface area contributed by atoms with Gasteiger partial charge in [-0.1, -0.05) is 17.7 Å². The third kappa shape index (κ3) is 5.89. The zero-order chi connectivity index (χ0) is 20.8. The maximum absolute atomic E-state index is 14.5. The Labute approximate surface area is 198 Å². The van der Waals surface area contributed by atoms with E-state index in [0.29, 0.717) is 34.3 Å². The molecule has 1 unspecified atom stereocenters. The monoisotopic (exact) mass is 548 g/mol. The summed E-state index contributed by atoms with van der Waals surface area (Å²) in [6.07, 6.45) is 2.15. The van der Waals surface area contributed by atoms with Crippen molar-refractivity contribution in [3.05, 3.63) is 52.8 Å². The van der Waals surface area contributed by atoms with E-state index in [1.807, 2.05) is 6.07 Å². The molecule has 1 aliphatic heterocycles. The molecule has 0 aromatic heterocycles. The van der Waals surface area contributed by atoms with E-state index in [1.54, 1.807) is 38.5 Å². The zero-order valence-electron chi connectivity index (χ0n) is 17.0. The molecule has 0 radical (unpaired) electrons. The van der Waals surface area contributed by atoms with Crippen molar-refractivity contribution in [1.29, 1.82) is 0 Å². The third-order valence-corrected chi connectivity index (χ3v) is 5.33. The van der Waals surface area contributed by atoms with E-state index in [4.69, 9.17) is 26.8 Å². The average Bonchev–Trinajstić information content (AvgIpc) is 3.24. The van der Waals surface area contributed by atoms with Gasteiger partial charge in [-0.05, 0) is 50.2 Å². The summed E-state index contributed by atoms with van der Waals surface area (Å²) in [7, 11) is 3.14. The van der Waals surface area contributed by atoms with E-state index in [2.05, 4.69) is 15.2 Å². The molecule has 0 aliphatic carbocycles. The van der Waals surface area contributed by atoms with Crippen LogP contribution in [0.25, 0.3) is 0 Å². The fourth-order valence-electron chi connectivity index (χ4n) is 3.56. The molecule has 0 saturated carbocycles. The highest BCUT2D eigenvalue weighted by Gasteiger charge is 2.27. The Bertz CT molecular complexity index is 858. The Hall–Kier alpha value is -1.78. The van der Waals surface area contributed by atoms with Crippen LogP contribution in [-0.2, 0) is 0 Å². The molecule has 1 aliphatic rings. The number of ether oxygens (including phenoxy) is 2. The molecule has 2 aromatic carbocycles. The number of aliphatic imine (C=N–C) groups is 1. The molecule has 164 valence electrons. The van der Waals surface area contributed by atoms with E-state index in [-0.39, 0.29) is 41.8 Å². The normalized spacial score (nSPS) is 15.4. The molecule has 0 bridgehead atoms. The Morgan fingerprint density at radius 2 is 1.90 bits per heavy atom. The summed E-state index contributed by atoms with van der Waals surface area (Å²) < 4.78 is 25.1. The highest BCUT2D eigenvalue weighted by molar-refractivity contribution is 14.0. The van der Waals surface area contributed by atoms with Crippen LogP contribution in [0.1, 0.15) is 24.4 Å². The van der Waals surface area contributed by atoms with E-state index < -0.39 is 0 Å². The van der Waals surface area contributed by atoms with Crippen LogP contribution in [0.15, 0.2) is 41.4 Å². The molecule has 0 spiro atoms. The van der Waals surface area contributed by atoms with Gasteiger partial charge in [-0.2, -0.15) is 0 Å². The third-order valence-electron chi connectivity index (χ3n) is 5.00. The Balaban J connectivity index is 0.00000320. The van der Waals surface area contributed by atoms with Crippen molar-refractivity contribution in [3.63, 3.8) is 0 Å². The molecule has 9 heteroatoms. The van der Waals surface area contributed by atoms with Crippen LogP contribution in [0, 0.1) is 5.82 Å². The molecule has 1 heterocycles. The van der Waals surface area contributed by atoms with E-state index in [9.17, 15) is 4.39 Å². The average molecular weight is 549 g/mol. The number of hydrogen-bond donors (Lipinski definition) is 2. The minimum Gasteiger partial charge on any atom is -0.493 e. The lowest BCUT2D eigenvalue weighted by Crippen LogP contribution is -2.31. The fraction of sp³-hybridized carbons (Fsp3) is 0.381. The summed E-state index contributed by atoms with van der Waals surface area (Å²) in [5, 5.41) is 3.45. The van der Waals surface area contributed by atoms with Crippen molar-refractivity contribution in [2.24, 2.45) is 10.7 Å². The van der Waals surface area contributed by atoms with Gasteiger partial charge < -0.3 is 20.5 Å². The maximum Gasteiger partial charge on any atom is 0.193 e. The molecule has 1 fully saturated rings. The van der Waals surface area contributed by atoms with Crippen LogP contribution in [0.3, 0.4) is 0 Å². The molecule has 3 N–H and O–H groups in total. The summed E-state index contributed by atoms with van der Waals surface area (Å²) in [5.41, 5.74) is 7.28. The summed E-state index contributed by atoms with van der Waals surface area (Å²) >= 11 is 6.32. The first-order chi connectivity index (χ1) is 14.0. The fourth-order valence-corrected chi connectivity index (χ4v) is 3.85. The summed E-state index contributed by atoms with van der Waals surface area (Å²) in [6.45, 7) is 2.06. The zero-order valence-corrected chi connectivity index (χ0v) is 20.1. The number of hydrogen-bond acceptors (Lipinski definition) is 4. The number of rotatable bonds is 7. The second-order valence-electron chi connectivity index (χ2n) is 6.81. The molecule has 3 rings (SSSR count). The van der Waals surface area contributed by atoms with Crippen molar-refractivity contribution in [3.8, 4) is 11.5 Å². The number of nitrogens with zero attached hydrogens (tertiary/aromatic N) is 2. The molecule has 0 amide bonds. The quantitative estimate of drug-likeness (QED) is 0.299. The second kappa shape index (κ2) is 11.6. The van der Waals surface area contributed by atoms with Gasteiger partial charge in [-0.15, -0.1) is 24.0 Å². The predicted molar refractivity (Wildman–Crippen MR) is 130 cm³/mol. The van der Waals surface area contributed by atoms with Gasteiger partial charge in [-0.3, -0.25) is 9.89 Å². The first-order valence-corrected chi connectivity index (χ1v) is 9.88. The summed E-state index contributed by atoms with van der Waals surface area (Å²) in [4.78, 5) is 6.67. The van der Waals surface area contributed by atoms with Crippen molar-refractivity contribution in [1.82, 2.24) is 4.90 Å². The van der Waals surface area contributed by atoms with E-state index in [0.717, 1.165) is 25.9 Å². The number of guanidine groups is 1. The van der Waals surface area contributed by atoms with Crippen LogP contribution in [0.5, 0.6) is 11.5 Å². The number of halogens is 3. The van der Waals surface area contributed by atoms with E-state index >= 15 is 0 Å². The molecule has 30 heavy (non-hydrogen) atoms. The van der Waals surface area contributed by atoms with Crippen LogP contribution >= 0.6 is 35.6 Å². The topological polar surface area (TPSA) is 72.1 Å². The highest BCUT2D eigenvalue weighted by atomic mass is 127. The van der Waals surface area contributed by atoms with Crippen LogP contribution in [0.4, 0.5) is 10.1 Å². The molecular weight excluding hydrogens is 522 g/mol. The number of anilines is 1. The van der Waals surface area contributed by atoms with Crippen molar-refractivity contribution in [2.75, 3.05) is 39.2 Å². The maximum atomic E-state index is 14.5. The summed E-state index contributed by atoms with van der Waals surface area (Å²) in [6, 6.07) is 9.84. The molecule has 1 atom stereocenters. The lowest BCUT2D eigenvalue weighted by molar-refractivity contribution is 0.246.